The molecule has 0 bridgehead atoms. The molecule has 29 heavy (non-hydrogen) atoms. The largest absolute Gasteiger partial charge is 0.455 e. The molecule has 0 amide bonds. The Kier molecular flexibility index (Phi) is 4.87. The van der Waals surface area contributed by atoms with Crippen LogP contribution in [0.4, 0.5) is 0 Å². The van der Waals surface area contributed by atoms with E-state index in [-0.39, 0.29) is 12.3 Å². The van der Waals surface area contributed by atoms with Crippen LogP contribution in [0.15, 0.2) is 70.0 Å². The number of esters is 1. The lowest BCUT2D eigenvalue weighted by molar-refractivity contribution is 0.0467. The van der Waals surface area contributed by atoms with E-state index in [1.165, 1.54) is 4.57 Å². The van der Waals surface area contributed by atoms with Crippen LogP contribution in [0.25, 0.3) is 17.1 Å². The fourth-order valence-electron chi connectivity index (χ4n) is 3.01. The summed E-state index contributed by atoms with van der Waals surface area (Å²) in [6, 6.07) is 16.2. The highest BCUT2D eigenvalue weighted by atomic mass is 16.5. The molecule has 0 radical (unpaired) electrons. The molecule has 0 spiro atoms. The molecule has 4 aromatic rings. The summed E-state index contributed by atoms with van der Waals surface area (Å²) >= 11 is 0. The van der Waals surface area contributed by atoms with Gasteiger partial charge in [0.05, 0.1) is 11.3 Å². The third-order valence-corrected chi connectivity index (χ3v) is 4.57. The van der Waals surface area contributed by atoms with Crippen molar-refractivity contribution in [1.82, 2.24) is 14.5 Å². The number of rotatable bonds is 5. The third-order valence-electron chi connectivity index (χ3n) is 4.57. The normalized spacial score (nSPS) is 10.8. The summed E-state index contributed by atoms with van der Waals surface area (Å²) in [4.78, 5) is 31.3. The SMILES string of the molecule is Cc1oc(-c2ccccc2)nc1COC(=O)c1ccc(-n2c(C)c[nH]c2=O)cc1. The molecule has 0 aliphatic rings. The number of aromatic amines is 1. The van der Waals surface area contributed by atoms with Crippen LogP contribution in [0.5, 0.6) is 0 Å². The summed E-state index contributed by atoms with van der Waals surface area (Å²) < 4.78 is 12.6. The number of ether oxygens (including phenoxy) is 1. The van der Waals surface area contributed by atoms with E-state index in [0.717, 1.165) is 11.3 Å². The van der Waals surface area contributed by atoms with E-state index in [0.29, 0.717) is 28.6 Å². The number of nitrogens with zero attached hydrogens (tertiary/aromatic N) is 2. The minimum absolute atomic E-state index is 0.0130. The lowest BCUT2D eigenvalue weighted by atomic mass is 10.2. The van der Waals surface area contributed by atoms with Gasteiger partial charge in [0.1, 0.15) is 18.1 Å². The lowest BCUT2D eigenvalue weighted by Gasteiger charge is -2.06. The van der Waals surface area contributed by atoms with Gasteiger partial charge >= 0.3 is 11.7 Å². The minimum Gasteiger partial charge on any atom is -0.455 e. The van der Waals surface area contributed by atoms with Crippen molar-refractivity contribution in [2.45, 2.75) is 20.5 Å². The van der Waals surface area contributed by atoms with E-state index < -0.39 is 5.97 Å². The third kappa shape index (κ3) is 3.75. The maximum atomic E-state index is 12.4. The molecule has 146 valence electrons. The molecule has 7 nitrogen and oxygen atoms in total. The van der Waals surface area contributed by atoms with Gasteiger partial charge in [-0.1, -0.05) is 18.2 Å². The minimum atomic E-state index is -0.474. The number of nitrogens with one attached hydrogen (secondary N) is 1. The number of oxazole rings is 1. The van der Waals surface area contributed by atoms with Gasteiger partial charge in [0.2, 0.25) is 5.89 Å². The molecule has 0 aliphatic heterocycles. The quantitative estimate of drug-likeness (QED) is 0.525. The van der Waals surface area contributed by atoms with E-state index in [1.807, 2.05) is 37.3 Å². The van der Waals surface area contributed by atoms with Crippen molar-refractivity contribution in [3.63, 3.8) is 0 Å². The summed E-state index contributed by atoms with van der Waals surface area (Å²) in [6.07, 6.45) is 1.63. The molecule has 4 rings (SSSR count). The smallest absolute Gasteiger partial charge is 0.338 e. The predicted molar refractivity (Wildman–Crippen MR) is 107 cm³/mol. The first-order valence-electron chi connectivity index (χ1n) is 9.09. The van der Waals surface area contributed by atoms with Gasteiger partial charge in [0.25, 0.3) is 0 Å². The topological polar surface area (TPSA) is 90.1 Å². The number of aryl methyl sites for hydroxylation is 2. The van der Waals surface area contributed by atoms with Gasteiger partial charge in [-0.15, -0.1) is 0 Å². The molecule has 0 unspecified atom stereocenters. The van der Waals surface area contributed by atoms with Gasteiger partial charge in [-0.2, -0.15) is 0 Å². The zero-order valence-electron chi connectivity index (χ0n) is 16.0. The number of carbonyl (C=O) groups excluding carboxylic acids is 1. The van der Waals surface area contributed by atoms with E-state index in [4.69, 9.17) is 9.15 Å². The Morgan fingerprint density at radius 2 is 1.83 bits per heavy atom. The Labute approximate surface area is 166 Å². The predicted octanol–water partition coefficient (Wildman–Crippen LogP) is 3.79. The van der Waals surface area contributed by atoms with Crippen LogP contribution >= 0.6 is 0 Å². The summed E-state index contributed by atoms with van der Waals surface area (Å²) in [7, 11) is 0. The van der Waals surface area contributed by atoms with Crippen LogP contribution in [0.1, 0.15) is 27.5 Å². The van der Waals surface area contributed by atoms with Crippen LogP contribution in [0.2, 0.25) is 0 Å². The summed E-state index contributed by atoms with van der Waals surface area (Å²) in [5.41, 5.74) is 3.04. The van der Waals surface area contributed by atoms with E-state index in [1.54, 1.807) is 37.4 Å². The van der Waals surface area contributed by atoms with Crippen LogP contribution in [0, 0.1) is 13.8 Å². The van der Waals surface area contributed by atoms with Crippen molar-refractivity contribution in [1.29, 1.82) is 0 Å². The maximum absolute atomic E-state index is 12.4. The molecule has 2 aromatic carbocycles. The second-order valence-electron chi connectivity index (χ2n) is 6.58. The number of hydrogen-bond acceptors (Lipinski definition) is 5. The fourth-order valence-corrected chi connectivity index (χ4v) is 3.01. The van der Waals surface area contributed by atoms with E-state index >= 15 is 0 Å². The van der Waals surface area contributed by atoms with Gasteiger partial charge in [-0.05, 0) is 50.2 Å². The van der Waals surface area contributed by atoms with Gasteiger partial charge in [-0.3, -0.25) is 4.57 Å². The molecule has 0 atom stereocenters. The number of imidazole rings is 1. The number of aromatic nitrogens is 3. The number of H-pyrrole nitrogens is 1. The monoisotopic (exact) mass is 389 g/mol. The second-order valence-corrected chi connectivity index (χ2v) is 6.58. The number of carbonyl (C=O) groups is 1. The highest BCUT2D eigenvalue weighted by Crippen LogP contribution is 2.22. The van der Waals surface area contributed by atoms with E-state index in [2.05, 4.69) is 9.97 Å². The molecule has 0 saturated heterocycles. The molecule has 0 saturated carbocycles. The molecular weight excluding hydrogens is 370 g/mol. The number of hydrogen-bond donors (Lipinski definition) is 1. The van der Waals surface area contributed by atoms with E-state index in [9.17, 15) is 9.59 Å². The van der Waals surface area contributed by atoms with Gasteiger partial charge < -0.3 is 14.1 Å². The van der Waals surface area contributed by atoms with Crippen molar-refractivity contribution in [2.24, 2.45) is 0 Å². The summed E-state index contributed by atoms with van der Waals surface area (Å²) in [5, 5.41) is 0. The maximum Gasteiger partial charge on any atom is 0.338 e. The van der Waals surface area contributed by atoms with Crippen molar-refractivity contribution in [3.8, 4) is 17.1 Å². The van der Waals surface area contributed by atoms with Crippen molar-refractivity contribution in [3.05, 3.63) is 94.0 Å². The highest BCUT2D eigenvalue weighted by Gasteiger charge is 2.15. The molecule has 2 heterocycles. The molecule has 7 heteroatoms. The van der Waals surface area contributed by atoms with Gasteiger partial charge in [-0.25, -0.2) is 14.6 Å². The average molecular weight is 389 g/mol. The van der Waals surface area contributed by atoms with Crippen LogP contribution in [-0.4, -0.2) is 20.5 Å². The molecule has 2 aromatic heterocycles. The summed E-state index contributed by atoms with van der Waals surface area (Å²) in [5.74, 6) is 0.624. The molecule has 0 aliphatic carbocycles. The first-order valence-corrected chi connectivity index (χ1v) is 9.09. The van der Waals surface area contributed by atoms with Crippen molar-refractivity contribution in [2.75, 3.05) is 0 Å². The molecule has 1 N–H and O–H groups in total. The standard InChI is InChI=1S/C22H19N3O4/c1-14-12-23-22(27)25(14)18-10-8-17(9-11-18)21(26)28-13-19-15(2)29-20(24-19)16-6-4-3-5-7-16/h3-12H,13H2,1-2H3,(H,23,27). The lowest BCUT2D eigenvalue weighted by Crippen LogP contribution is -2.16. The van der Waals surface area contributed by atoms with Crippen LogP contribution < -0.4 is 5.69 Å². The first-order chi connectivity index (χ1) is 14.0. The Bertz CT molecular complexity index is 1200. The summed E-state index contributed by atoms with van der Waals surface area (Å²) in [6.45, 7) is 3.62. The van der Waals surface area contributed by atoms with Crippen LogP contribution in [0.3, 0.4) is 0 Å². The Hall–Kier alpha value is -3.87. The van der Waals surface area contributed by atoms with Crippen molar-refractivity contribution < 1.29 is 13.9 Å². The van der Waals surface area contributed by atoms with Gasteiger partial charge in [0.15, 0.2) is 0 Å². The highest BCUT2D eigenvalue weighted by molar-refractivity contribution is 5.89. The number of benzene rings is 2. The first kappa shape index (κ1) is 18.5. The molecular formula is C22H19N3O4. The Balaban J connectivity index is 1.45. The Morgan fingerprint density at radius 1 is 1.10 bits per heavy atom. The fraction of sp³-hybridized carbons (Fsp3) is 0.136. The zero-order valence-corrected chi connectivity index (χ0v) is 16.0. The zero-order chi connectivity index (χ0) is 20.4. The van der Waals surface area contributed by atoms with Crippen molar-refractivity contribution >= 4 is 5.97 Å². The average Bonchev–Trinajstić information content (AvgIpc) is 3.28. The Morgan fingerprint density at radius 3 is 2.48 bits per heavy atom. The van der Waals surface area contributed by atoms with Crippen LogP contribution in [-0.2, 0) is 11.3 Å². The molecule has 0 fully saturated rings. The second kappa shape index (κ2) is 7.63. The van der Waals surface area contributed by atoms with Gasteiger partial charge in [0, 0.05) is 17.5 Å².